The highest BCUT2D eigenvalue weighted by atomic mass is 32.2. The van der Waals surface area contributed by atoms with Crippen LogP contribution >= 0.6 is 0 Å². The zero-order valence-corrected chi connectivity index (χ0v) is 15.4. The summed E-state index contributed by atoms with van der Waals surface area (Å²) in [6, 6.07) is 8.00. The van der Waals surface area contributed by atoms with Crippen molar-refractivity contribution in [2.24, 2.45) is 5.92 Å². The average Bonchev–Trinajstić information content (AvgIpc) is 2.98. The standard InChI is InChI=1S/C18H25N3O3S/c1-2-10-25(23,24)13-18(22)20-9-5-6-15(11-20)12-21-14-19-16-7-3-4-8-17(16)21/h3-4,7-8,14-15H,2,5-6,9-13H2,1H3. The number of imidazole rings is 1. The number of sulfone groups is 1. The number of carbonyl (C=O) groups excluding carboxylic acids is 1. The number of likely N-dealkylation sites (tertiary alicyclic amines) is 1. The van der Waals surface area contributed by atoms with E-state index in [1.807, 2.05) is 37.5 Å². The van der Waals surface area contributed by atoms with Gasteiger partial charge in [-0.15, -0.1) is 0 Å². The number of amides is 1. The first-order valence-electron chi connectivity index (χ1n) is 8.86. The molecule has 1 atom stereocenters. The van der Waals surface area contributed by atoms with Gasteiger partial charge in [0.25, 0.3) is 0 Å². The van der Waals surface area contributed by atoms with E-state index in [9.17, 15) is 13.2 Å². The minimum Gasteiger partial charge on any atom is -0.341 e. The van der Waals surface area contributed by atoms with Crippen molar-refractivity contribution in [3.63, 3.8) is 0 Å². The number of hydrogen-bond donors (Lipinski definition) is 0. The first kappa shape index (κ1) is 17.9. The lowest BCUT2D eigenvalue weighted by atomic mass is 9.98. The molecule has 1 aromatic heterocycles. The Morgan fingerprint density at radius 1 is 1.32 bits per heavy atom. The number of para-hydroxylation sites is 2. The van der Waals surface area contributed by atoms with E-state index >= 15 is 0 Å². The molecule has 136 valence electrons. The molecule has 1 aliphatic rings. The fourth-order valence-electron chi connectivity index (χ4n) is 3.54. The summed E-state index contributed by atoms with van der Waals surface area (Å²) in [7, 11) is -3.28. The second kappa shape index (κ2) is 7.56. The van der Waals surface area contributed by atoms with Crippen molar-refractivity contribution in [3.8, 4) is 0 Å². The Kier molecular flexibility index (Phi) is 5.42. The van der Waals surface area contributed by atoms with E-state index in [1.54, 1.807) is 4.90 Å². The van der Waals surface area contributed by atoms with Crippen LogP contribution in [0.5, 0.6) is 0 Å². The maximum atomic E-state index is 12.4. The number of aromatic nitrogens is 2. The molecule has 2 aromatic rings. The summed E-state index contributed by atoms with van der Waals surface area (Å²) >= 11 is 0. The van der Waals surface area contributed by atoms with E-state index < -0.39 is 9.84 Å². The van der Waals surface area contributed by atoms with Gasteiger partial charge in [-0.3, -0.25) is 4.79 Å². The van der Waals surface area contributed by atoms with Crippen LogP contribution in [0.25, 0.3) is 11.0 Å². The molecule has 2 heterocycles. The van der Waals surface area contributed by atoms with Crippen molar-refractivity contribution in [1.82, 2.24) is 14.5 Å². The van der Waals surface area contributed by atoms with Gasteiger partial charge in [-0.25, -0.2) is 13.4 Å². The lowest BCUT2D eigenvalue weighted by molar-refractivity contribution is -0.130. The number of rotatable bonds is 6. The fourth-order valence-corrected chi connectivity index (χ4v) is 4.86. The molecule has 25 heavy (non-hydrogen) atoms. The molecule has 1 aliphatic heterocycles. The molecule has 0 N–H and O–H groups in total. The smallest absolute Gasteiger partial charge is 0.237 e. The number of carbonyl (C=O) groups is 1. The molecule has 7 heteroatoms. The molecule has 1 aromatic carbocycles. The third kappa shape index (κ3) is 4.39. The lowest BCUT2D eigenvalue weighted by Crippen LogP contribution is -2.43. The van der Waals surface area contributed by atoms with Crippen LogP contribution < -0.4 is 0 Å². The molecular weight excluding hydrogens is 338 g/mol. The van der Waals surface area contributed by atoms with Gasteiger partial charge >= 0.3 is 0 Å². The van der Waals surface area contributed by atoms with E-state index in [4.69, 9.17) is 0 Å². The molecular formula is C18H25N3O3S. The van der Waals surface area contributed by atoms with Crippen molar-refractivity contribution >= 4 is 26.8 Å². The normalized spacial score (nSPS) is 18.6. The van der Waals surface area contributed by atoms with Gasteiger partial charge in [-0.05, 0) is 37.3 Å². The first-order chi connectivity index (χ1) is 12.0. The Morgan fingerprint density at radius 3 is 2.92 bits per heavy atom. The molecule has 0 aliphatic carbocycles. The van der Waals surface area contributed by atoms with Crippen LogP contribution in [0.4, 0.5) is 0 Å². The van der Waals surface area contributed by atoms with E-state index in [1.165, 1.54) is 0 Å². The second-order valence-corrected chi connectivity index (χ2v) is 9.01. The van der Waals surface area contributed by atoms with Crippen molar-refractivity contribution in [1.29, 1.82) is 0 Å². The summed E-state index contributed by atoms with van der Waals surface area (Å²) in [4.78, 5) is 18.5. The van der Waals surface area contributed by atoms with Gasteiger partial charge in [0.1, 0.15) is 5.75 Å². The summed E-state index contributed by atoms with van der Waals surface area (Å²) < 4.78 is 25.9. The van der Waals surface area contributed by atoms with Crippen molar-refractivity contribution in [3.05, 3.63) is 30.6 Å². The van der Waals surface area contributed by atoms with Crippen molar-refractivity contribution in [2.75, 3.05) is 24.6 Å². The van der Waals surface area contributed by atoms with E-state index in [-0.39, 0.29) is 17.4 Å². The predicted molar refractivity (Wildman–Crippen MR) is 98.0 cm³/mol. The summed E-state index contributed by atoms with van der Waals surface area (Å²) in [6.45, 7) is 3.88. The molecule has 3 rings (SSSR count). The maximum absolute atomic E-state index is 12.4. The number of hydrogen-bond acceptors (Lipinski definition) is 4. The second-order valence-electron chi connectivity index (χ2n) is 6.83. The van der Waals surface area contributed by atoms with Crippen LogP contribution in [0.15, 0.2) is 30.6 Å². The van der Waals surface area contributed by atoms with Gasteiger partial charge in [-0.1, -0.05) is 19.1 Å². The molecule has 1 fully saturated rings. The first-order valence-corrected chi connectivity index (χ1v) is 10.7. The van der Waals surface area contributed by atoms with Gasteiger partial charge < -0.3 is 9.47 Å². The predicted octanol–water partition coefficient (Wildman–Crippen LogP) is 2.10. The molecule has 0 radical (unpaired) electrons. The molecule has 0 saturated carbocycles. The van der Waals surface area contributed by atoms with Gasteiger partial charge in [0, 0.05) is 19.6 Å². The van der Waals surface area contributed by atoms with Crippen LogP contribution in [0, 0.1) is 5.92 Å². The summed E-state index contributed by atoms with van der Waals surface area (Å²) in [5.74, 6) is -0.212. The molecule has 0 bridgehead atoms. The topological polar surface area (TPSA) is 72.3 Å². The fraction of sp³-hybridized carbons (Fsp3) is 0.556. The Hall–Kier alpha value is -1.89. The van der Waals surface area contributed by atoms with Crippen LogP contribution in [-0.4, -0.2) is 53.4 Å². The van der Waals surface area contributed by atoms with Crippen LogP contribution in [0.3, 0.4) is 0 Å². The molecule has 1 saturated heterocycles. The van der Waals surface area contributed by atoms with Crippen molar-refractivity contribution < 1.29 is 13.2 Å². The van der Waals surface area contributed by atoms with Gasteiger partial charge in [0.15, 0.2) is 9.84 Å². The van der Waals surface area contributed by atoms with Gasteiger partial charge in [-0.2, -0.15) is 0 Å². The number of piperidine rings is 1. The van der Waals surface area contributed by atoms with Crippen molar-refractivity contribution in [2.45, 2.75) is 32.7 Å². The molecule has 6 nitrogen and oxygen atoms in total. The minimum absolute atomic E-state index is 0.0804. The Morgan fingerprint density at radius 2 is 2.12 bits per heavy atom. The summed E-state index contributed by atoms with van der Waals surface area (Å²) in [5, 5.41) is 0. The number of nitrogens with zero attached hydrogens (tertiary/aromatic N) is 3. The SMILES string of the molecule is CCCS(=O)(=O)CC(=O)N1CCCC(Cn2cnc3ccccc32)C1. The zero-order valence-electron chi connectivity index (χ0n) is 14.6. The van der Waals surface area contributed by atoms with Gasteiger partial charge in [0.05, 0.1) is 23.1 Å². The third-order valence-electron chi connectivity index (χ3n) is 4.71. The molecule has 1 unspecified atom stereocenters. The Labute approximate surface area is 148 Å². The summed E-state index contributed by atoms with van der Waals surface area (Å²) in [5.41, 5.74) is 2.06. The number of benzene rings is 1. The highest BCUT2D eigenvalue weighted by molar-refractivity contribution is 7.92. The van der Waals surface area contributed by atoms with E-state index in [0.29, 0.717) is 25.4 Å². The highest BCUT2D eigenvalue weighted by Crippen LogP contribution is 2.21. The third-order valence-corrected chi connectivity index (χ3v) is 6.43. The maximum Gasteiger partial charge on any atom is 0.237 e. The summed E-state index contributed by atoms with van der Waals surface area (Å²) in [6.07, 6.45) is 4.35. The molecule has 1 amide bonds. The monoisotopic (exact) mass is 363 g/mol. The Balaban J connectivity index is 1.64. The van der Waals surface area contributed by atoms with Crippen LogP contribution in [0.1, 0.15) is 26.2 Å². The Bertz CT molecular complexity index is 844. The zero-order chi connectivity index (χ0) is 17.9. The lowest BCUT2D eigenvalue weighted by Gasteiger charge is -2.33. The highest BCUT2D eigenvalue weighted by Gasteiger charge is 2.27. The van der Waals surface area contributed by atoms with E-state index in [2.05, 4.69) is 9.55 Å². The van der Waals surface area contributed by atoms with E-state index in [0.717, 1.165) is 30.4 Å². The number of fused-ring (bicyclic) bond motifs is 1. The largest absolute Gasteiger partial charge is 0.341 e. The average molecular weight is 363 g/mol. The molecule has 0 spiro atoms. The minimum atomic E-state index is -3.28. The van der Waals surface area contributed by atoms with Crippen LogP contribution in [0.2, 0.25) is 0 Å². The van der Waals surface area contributed by atoms with Crippen LogP contribution in [-0.2, 0) is 21.2 Å². The van der Waals surface area contributed by atoms with Gasteiger partial charge in [0.2, 0.25) is 5.91 Å². The quantitative estimate of drug-likeness (QED) is 0.788.